The molecule has 1 aromatic rings. The summed E-state index contributed by atoms with van der Waals surface area (Å²) in [6.07, 6.45) is 0.584. The molecule has 1 rings (SSSR count). The van der Waals surface area contributed by atoms with E-state index in [1.165, 1.54) is 6.07 Å². The summed E-state index contributed by atoms with van der Waals surface area (Å²) in [5, 5.41) is 0. The lowest BCUT2D eigenvalue weighted by Gasteiger charge is -2.42. The average molecular weight is 268 g/mol. The van der Waals surface area contributed by atoms with Crippen molar-refractivity contribution in [3.8, 4) is 0 Å². The number of ether oxygens (including phenoxy) is 1. The molecule has 2 N–H and O–H groups in total. The van der Waals surface area contributed by atoms with Gasteiger partial charge < -0.3 is 10.5 Å². The fraction of sp³-hybridized carbons (Fsp3) is 0.600. The van der Waals surface area contributed by atoms with Gasteiger partial charge in [-0.3, -0.25) is 4.90 Å². The Balaban J connectivity index is 2.88. The predicted octanol–water partition coefficient (Wildman–Crippen LogP) is 2.05. The predicted molar refractivity (Wildman–Crippen MR) is 76.7 cm³/mol. The SMILES string of the molecule is COCC(C)N(C)C(C)(CN)Cc1ccccc1F. The van der Waals surface area contributed by atoms with Crippen molar-refractivity contribution in [3.05, 3.63) is 35.6 Å². The second-order valence-electron chi connectivity index (χ2n) is 5.38. The van der Waals surface area contributed by atoms with Crippen LogP contribution in [-0.2, 0) is 11.2 Å². The molecule has 0 bridgehead atoms. The molecule has 0 spiro atoms. The Morgan fingerprint density at radius 1 is 1.42 bits per heavy atom. The van der Waals surface area contributed by atoms with Crippen molar-refractivity contribution < 1.29 is 9.13 Å². The van der Waals surface area contributed by atoms with Gasteiger partial charge in [-0.1, -0.05) is 18.2 Å². The van der Waals surface area contributed by atoms with Crippen molar-refractivity contribution in [3.63, 3.8) is 0 Å². The van der Waals surface area contributed by atoms with Crippen LogP contribution in [0, 0.1) is 5.82 Å². The first kappa shape index (κ1) is 16.1. The van der Waals surface area contributed by atoms with E-state index in [0.717, 1.165) is 0 Å². The summed E-state index contributed by atoms with van der Waals surface area (Å²) in [7, 11) is 3.69. The van der Waals surface area contributed by atoms with E-state index < -0.39 is 0 Å². The summed E-state index contributed by atoms with van der Waals surface area (Å²) in [4.78, 5) is 2.17. The third-order valence-corrected chi connectivity index (χ3v) is 3.89. The van der Waals surface area contributed by atoms with Gasteiger partial charge >= 0.3 is 0 Å². The minimum atomic E-state index is -0.292. The van der Waals surface area contributed by atoms with E-state index in [9.17, 15) is 4.39 Å². The molecular weight excluding hydrogens is 243 g/mol. The fourth-order valence-electron chi connectivity index (χ4n) is 2.28. The standard InChI is InChI=1S/C15H25FN2O/c1-12(10-19-4)18(3)15(2,11-17)9-13-7-5-6-8-14(13)16/h5-8,12H,9-11,17H2,1-4H3. The second kappa shape index (κ2) is 6.98. The molecule has 0 aliphatic carbocycles. The van der Waals surface area contributed by atoms with Gasteiger partial charge in [-0.25, -0.2) is 4.39 Å². The van der Waals surface area contributed by atoms with Crippen LogP contribution in [0.4, 0.5) is 4.39 Å². The van der Waals surface area contributed by atoms with Crippen LogP contribution in [0.3, 0.4) is 0 Å². The largest absolute Gasteiger partial charge is 0.383 e. The highest BCUT2D eigenvalue weighted by Crippen LogP contribution is 2.22. The topological polar surface area (TPSA) is 38.5 Å². The molecule has 0 saturated carbocycles. The summed E-state index contributed by atoms with van der Waals surface area (Å²) in [5.74, 6) is -0.171. The molecule has 0 aromatic heterocycles. The van der Waals surface area contributed by atoms with Gasteiger partial charge in [0.05, 0.1) is 6.61 Å². The lowest BCUT2D eigenvalue weighted by molar-refractivity contribution is 0.0470. The van der Waals surface area contributed by atoms with E-state index in [1.807, 2.05) is 19.2 Å². The maximum absolute atomic E-state index is 13.8. The third-order valence-electron chi connectivity index (χ3n) is 3.89. The lowest BCUT2D eigenvalue weighted by atomic mass is 9.90. The summed E-state index contributed by atoms with van der Waals surface area (Å²) in [5.41, 5.74) is 6.34. The molecule has 0 amide bonds. The van der Waals surface area contributed by atoms with Gasteiger partial charge in [-0.05, 0) is 38.9 Å². The number of hydrogen-bond donors (Lipinski definition) is 1. The molecule has 1 aromatic carbocycles. The number of rotatable bonds is 7. The van der Waals surface area contributed by atoms with Crippen molar-refractivity contribution in [2.45, 2.75) is 31.8 Å². The zero-order valence-electron chi connectivity index (χ0n) is 12.3. The fourth-order valence-corrected chi connectivity index (χ4v) is 2.28. The van der Waals surface area contributed by atoms with E-state index in [4.69, 9.17) is 10.5 Å². The Kier molecular flexibility index (Phi) is 5.91. The maximum atomic E-state index is 13.8. The highest BCUT2D eigenvalue weighted by Gasteiger charge is 2.31. The minimum absolute atomic E-state index is 0.171. The molecule has 19 heavy (non-hydrogen) atoms. The van der Waals surface area contributed by atoms with Crippen molar-refractivity contribution >= 4 is 0 Å². The Morgan fingerprint density at radius 2 is 2.05 bits per heavy atom. The van der Waals surface area contributed by atoms with Crippen LogP contribution in [0.25, 0.3) is 0 Å². The van der Waals surface area contributed by atoms with Gasteiger partial charge in [0, 0.05) is 25.2 Å². The highest BCUT2D eigenvalue weighted by atomic mass is 19.1. The van der Waals surface area contributed by atoms with E-state index >= 15 is 0 Å². The van der Waals surface area contributed by atoms with Crippen molar-refractivity contribution in [1.29, 1.82) is 0 Å². The van der Waals surface area contributed by atoms with Crippen LogP contribution in [0.2, 0.25) is 0 Å². The van der Waals surface area contributed by atoms with Gasteiger partial charge in [-0.2, -0.15) is 0 Å². The molecule has 2 unspecified atom stereocenters. The zero-order chi connectivity index (χ0) is 14.5. The van der Waals surface area contributed by atoms with E-state index in [0.29, 0.717) is 25.1 Å². The number of methoxy groups -OCH3 is 1. The summed E-state index contributed by atoms with van der Waals surface area (Å²) in [6.45, 7) is 5.24. The average Bonchev–Trinajstić information content (AvgIpc) is 2.40. The van der Waals surface area contributed by atoms with Crippen LogP contribution in [0.5, 0.6) is 0 Å². The molecule has 2 atom stereocenters. The first-order chi connectivity index (χ1) is 8.94. The van der Waals surface area contributed by atoms with Crippen molar-refractivity contribution in [2.75, 3.05) is 27.3 Å². The van der Waals surface area contributed by atoms with E-state index in [-0.39, 0.29) is 17.4 Å². The number of benzene rings is 1. The molecule has 108 valence electrons. The number of nitrogens with zero attached hydrogens (tertiary/aromatic N) is 1. The maximum Gasteiger partial charge on any atom is 0.126 e. The zero-order valence-corrected chi connectivity index (χ0v) is 12.3. The quantitative estimate of drug-likeness (QED) is 0.822. The van der Waals surface area contributed by atoms with Crippen LogP contribution < -0.4 is 5.73 Å². The van der Waals surface area contributed by atoms with Gasteiger partial charge in [-0.15, -0.1) is 0 Å². The van der Waals surface area contributed by atoms with Gasteiger partial charge in [0.2, 0.25) is 0 Å². The number of halogens is 1. The van der Waals surface area contributed by atoms with Gasteiger partial charge in [0.1, 0.15) is 5.82 Å². The third kappa shape index (κ3) is 4.00. The lowest BCUT2D eigenvalue weighted by Crippen LogP contribution is -2.55. The van der Waals surface area contributed by atoms with Crippen LogP contribution in [-0.4, -0.2) is 43.8 Å². The van der Waals surface area contributed by atoms with Crippen LogP contribution in [0.1, 0.15) is 19.4 Å². The number of nitrogens with two attached hydrogens (primary N) is 1. The molecule has 0 saturated heterocycles. The summed E-state index contributed by atoms with van der Waals surface area (Å²) in [6, 6.07) is 7.09. The Morgan fingerprint density at radius 3 is 2.58 bits per heavy atom. The Labute approximate surface area is 115 Å². The van der Waals surface area contributed by atoms with Gasteiger partial charge in [0.15, 0.2) is 0 Å². The molecule has 0 fully saturated rings. The molecule has 0 aliphatic heterocycles. The second-order valence-corrected chi connectivity index (χ2v) is 5.38. The molecule has 0 radical (unpaired) electrons. The molecule has 0 aliphatic rings. The first-order valence-corrected chi connectivity index (χ1v) is 6.60. The number of likely N-dealkylation sites (N-methyl/N-ethyl adjacent to an activating group) is 1. The highest BCUT2D eigenvalue weighted by molar-refractivity contribution is 5.20. The molecule has 4 heteroatoms. The van der Waals surface area contributed by atoms with Crippen molar-refractivity contribution in [1.82, 2.24) is 4.90 Å². The monoisotopic (exact) mass is 268 g/mol. The van der Waals surface area contributed by atoms with Crippen molar-refractivity contribution in [2.24, 2.45) is 5.73 Å². The smallest absolute Gasteiger partial charge is 0.126 e. The van der Waals surface area contributed by atoms with Gasteiger partial charge in [0.25, 0.3) is 0 Å². The van der Waals surface area contributed by atoms with Crippen LogP contribution >= 0.6 is 0 Å². The number of hydrogen-bond acceptors (Lipinski definition) is 3. The molecule has 0 heterocycles. The van der Waals surface area contributed by atoms with E-state index in [2.05, 4.69) is 18.7 Å². The van der Waals surface area contributed by atoms with E-state index in [1.54, 1.807) is 13.2 Å². The summed E-state index contributed by atoms with van der Waals surface area (Å²) < 4.78 is 19.0. The molecular formula is C15H25FN2O. The minimum Gasteiger partial charge on any atom is -0.383 e. The molecule has 3 nitrogen and oxygen atoms in total. The first-order valence-electron chi connectivity index (χ1n) is 6.60. The Bertz CT molecular complexity index is 399. The normalized spacial score (nSPS) is 16.4. The Hall–Kier alpha value is -0.970. The van der Waals surface area contributed by atoms with Crippen LogP contribution in [0.15, 0.2) is 24.3 Å². The summed E-state index contributed by atoms with van der Waals surface area (Å²) >= 11 is 0.